The number of carbonyl (C=O) groups is 1. The molecule has 0 spiro atoms. The number of rotatable bonds is 5. The van der Waals surface area contributed by atoms with Crippen molar-refractivity contribution in [1.82, 2.24) is 9.97 Å². The minimum absolute atomic E-state index is 0.268. The average Bonchev–Trinajstić information content (AvgIpc) is 3.23. The molecule has 19 heavy (non-hydrogen) atoms. The van der Waals surface area contributed by atoms with E-state index < -0.39 is 5.97 Å². The number of methoxy groups -OCH3 is 1. The molecule has 102 valence electrons. The third kappa shape index (κ3) is 3.10. The maximum Gasteiger partial charge on any atom is 0.357 e. The summed E-state index contributed by atoms with van der Waals surface area (Å²) in [5.74, 6) is 0.890. The lowest BCUT2D eigenvalue weighted by molar-refractivity contribution is 0.0593. The van der Waals surface area contributed by atoms with Crippen molar-refractivity contribution in [3.8, 4) is 0 Å². The smallest absolute Gasteiger partial charge is 0.357 e. The molecule has 0 amide bonds. The zero-order chi connectivity index (χ0) is 13.8. The van der Waals surface area contributed by atoms with Crippen molar-refractivity contribution in [3.05, 3.63) is 23.2 Å². The molecular weight excluding hydrogens is 242 g/mol. The van der Waals surface area contributed by atoms with Crippen molar-refractivity contribution in [3.63, 3.8) is 0 Å². The van der Waals surface area contributed by atoms with Crippen LogP contribution >= 0.6 is 0 Å². The number of nitrogens with zero attached hydrogens (tertiary/aromatic N) is 2. The second-order valence-corrected chi connectivity index (χ2v) is 4.69. The molecule has 2 rings (SSSR count). The van der Waals surface area contributed by atoms with Crippen LogP contribution in [0.1, 0.15) is 60.4 Å². The second-order valence-electron chi connectivity index (χ2n) is 4.69. The molecule has 0 unspecified atom stereocenters. The zero-order valence-electron chi connectivity index (χ0n) is 11.3. The van der Waals surface area contributed by atoms with E-state index in [9.17, 15) is 4.79 Å². The van der Waals surface area contributed by atoms with Crippen LogP contribution < -0.4 is 5.73 Å². The highest BCUT2D eigenvalue weighted by Gasteiger charge is 2.29. The van der Waals surface area contributed by atoms with Gasteiger partial charge in [0, 0.05) is 11.5 Å². The van der Waals surface area contributed by atoms with Gasteiger partial charge in [-0.1, -0.05) is 25.5 Å². The third-order valence-corrected chi connectivity index (χ3v) is 3.05. The molecule has 1 aliphatic rings. The molecule has 1 fully saturated rings. The molecule has 0 bridgehead atoms. The largest absolute Gasteiger partial charge is 0.464 e. The Balaban J connectivity index is 2.40. The zero-order valence-corrected chi connectivity index (χ0v) is 11.3. The van der Waals surface area contributed by atoms with Crippen LogP contribution in [0.15, 0.2) is 6.08 Å². The average molecular weight is 261 g/mol. The molecule has 1 saturated carbocycles. The molecule has 1 aliphatic carbocycles. The van der Waals surface area contributed by atoms with Crippen LogP contribution in [0.2, 0.25) is 0 Å². The highest BCUT2D eigenvalue weighted by atomic mass is 16.5. The summed E-state index contributed by atoms with van der Waals surface area (Å²) in [5.41, 5.74) is 6.78. The fourth-order valence-electron chi connectivity index (χ4n) is 1.81. The SMILES string of the molecule is CCC/C=C/c1c(N)nc(C2CC2)nc1C(=O)OC. The van der Waals surface area contributed by atoms with E-state index in [2.05, 4.69) is 16.9 Å². The van der Waals surface area contributed by atoms with Crippen LogP contribution in [-0.2, 0) is 4.74 Å². The normalized spacial score (nSPS) is 14.8. The highest BCUT2D eigenvalue weighted by molar-refractivity contribution is 5.93. The molecule has 0 radical (unpaired) electrons. The number of carbonyl (C=O) groups excluding carboxylic acids is 1. The van der Waals surface area contributed by atoms with Crippen LogP contribution in [0.4, 0.5) is 5.82 Å². The molecule has 0 saturated heterocycles. The molecule has 1 aromatic heterocycles. The summed E-state index contributed by atoms with van der Waals surface area (Å²) in [4.78, 5) is 20.4. The number of nitrogen functional groups attached to an aromatic ring is 1. The highest BCUT2D eigenvalue weighted by Crippen LogP contribution is 2.38. The van der Waals surface area contributed by atoms with E-state index in [4.69, 9.17) is 10.5 Å². The number of esters is 1. The fraction of sp³-hybridized carbons (Fsp3) is 0.500. The van der Waals surface area contributed by atoms with E-state index in [0.717, 1.165) is 25.7 Å². The minimum atomic E-state index is -0.466. The molecule has 0 aliphatic heterocycles. The molecule has 1 heterocycles. The summed E-state index contributed by atoms with van der Waals surface area (Å²) in [6.45, 7) is 2.08. The first kappa shape index (κ1) is 13.5. The van der Waals surface area contributed by atoms with Gasteiger partial charge in [-0.25, -0.2) is 14.8 Å². The second kappa shape index (κ2) is 5.82. The topological polar surface area (TPSA) is 78.1 Å². The first-order valence-corrected chi connectivity index (χ1v) is 6.59. The van der Waals surface area contributed by atoms with Crippen molar-refractivity contribution >= 4 is 17.9 Å². The number of unbranched alkanes of at least 4 members (excludes halogenated alkanes) is 1. The first-order valence-electron chi connectivity index (χ1n) is 6.59. The third-order valence-electron chi connectivity index (χ3n) is 3.05. The number of allylic oxidation sites excluding steroid dienone is 1. The van der Waals surface area contributed by atoms with Gasteiger partial charge in [0.1, 0.15) is 11.6 Å². The maximum absolute atomic E-state index is 11.8. The van der Waals surface area contributed by atoms with Crippen LogP contribution in [0.25, 0.3) is 6.08 Å². The van der Waals surface area contributed by atoms with Gasteiger partial charge in [-0.2, -0.15) is 0 Å². The van der Waals surface area contributed by atoms with Gasteiger partial charge in [-0.3, -0.25) is 0 Å². The van der Waals surface area contributed by atoms with E-state index in [1.807, 2.05) is 12.2 Å². The fourth-order valence-corrected chi connectivity index (χ4v) is 1.81. The number of hydrogen-bond acceptors (Lipinski definition) is 5. The summed E-state index contributed by atoms with van der Waals surface area (Å²) in [6, 6.07) is 0. The Morgan fingerprint density at radius 2 is 2.21 bits per heavy atom. The van der Waals surface area contributed by atoms with Crippen molar-refractivity contribution in [2.24, 2.45) is 0 Å². The Morgan fingerprint density at radius 1 is 1.47 bits per heavy atom. The molecule has 1 aromatic rings. The van der Waals surface area contributed by atoms with Crippen molar-refractivity contribution in [1.29, 1.82) is 0 Å². The van der Waals surface area contributed by atoms with Crippen LogP contribution in [0.5, 0.6) is 0 Å². The predicted octanol–water partition coefficient (Wildman–Crippen LogP) is 2.54. The van der Waals surface area contributed by atoms with Crippen LogP contribution in [0.3, 0.4) is 0 Å². The first-order chi connectivity index (χ1) is 9.17. The van der Waals surface area contributed by atoms with Gasteiger partial charge in [-0.05, 0) is 19.3 Å². The van der Waals surface area contributed by atoms with Gasteiger partial charge in [0.15, 0.2) is 5.69 Å². The van der Waals surface area contributed by atoms with Gasteiger partial charge in [0.25, 0.3) is 0 Å². The summed E-state index contributed by atoms with van der Waals surface area (Å²) < 4.78 is 4.77. The van der Waals surface area contributed by atoms with Crippen molar-refractivity contribution in [2.45, 2.75) is 38.5 Å². The standard InChI is InChI=1S/C14H19N3O2/c1-3-4-5-6-10-11(14(18)19-2)16-13(9-7-8-9)17-12(10)15/h5-6,9H,3-4,7-8H2,1-2H3,(H2,15,16,17)/b6-5+. The van der Waals surface area contributed by atoms with Crippen molar-refractivity contribution in [2.75, 3.05) is 12.8 Å². The van der Waals surface area contributed by atoms with Gasteiger partial charge in [0.2, 0.25) is 0 Å². The monoisotopic (exact) mass is 261 g/mol. The van der Waals surface area contributed by atoms with E-state index in [-0.39, 0.29) is 5.69 Å². The molecule has 2 N–H and O–H groups in total. The van der Waals surface area contributed by atoms with Gasteiger partial charge >= 0.3 is 5.97 Å². The summed E-state index contributed by atoms with van der Waals surface area (Å²) in [6.07, 6.45) is 7.85. The number of ether oxygens (including phenoxy) is 1. The summed E-state index contributed by atoms with van der Waals surface area (Å²) >= 11 is 0. The van der Waals surface area contributed by atoms with E-state index in [0.29, 0.717) is 23.1 Å². The van der Waals surface area contributed by atoms with E-state index in [1.54, 1.807) is 0 Å². The lowest BCUT2D eigenvalue weighted by atomic mass is 10.1. The Labute approximate surface area is 112 Å². The quantitative estimate of drug-likeness (QED) is 0.824. The Morgan fingerprint density at radius 3 is 2.79 bits per heavy atom. The summed E-state index contributed by atoms with van der Waals surface area (Å²) in [7, 11) is 1.34. The number of aromatic nitrogens is 2. The summed E-state index contributed by atoms with van der Waals surface area (Å²) in [5, 5.41) is 0. The van der Waals surface area contributed by atoms with Crippen LogP contribution in [0, 0.1) is 0 Å². The van der Waals surface area contributed by atoms with E-state index >= 15 is 0 Å². The minimum Gasteiger partial charge on any atom is -0.464 e. The Bertz CT molecular complexity index is 508. The molecule has 5 nitrogen and oxygen atoms in total. The molecule has 0 atom stereocenters. The molecule has 0 aromatic carbocycles. The molecular formula is C14H19N3O2. The lowest BCUT2D eigenvalue weighted by Gasteiger charge is -2.08. The Kier molecular flexibility index (Phi) is 4.14. The lowest BCUT2D eigenvalue weighted by Crippen LogP contribution is -2.13. The number of nitrogens with two attached hydrogens (primary N) is 1. The van der Waals surface area contributed by atoms with Gasteiger partial charge in [-0.15, -0.1) is 0 Å². The van der Waals surface area contributed by atoms with Crippen molar-refractivity contribution < 1.29 is 9.53 Å². The number of hydrogen-bond donors (Lipinski definition) is 1. The van der Waals surface area contributed by atoms with E-state index in [1.165, 1.54) is 7.11 Å². The maximum atomic E-state index is 11.8. The molecule has 5 heteroatoms. The van der Waals surface area contributed by atoms with Gasteiger partial charge in [0.05, 0.1) is 7.11 Å². The van der Waals surface area contributed by atoms with Gasteiger partial charge < -0.3 is 10.5 Å². The Hall–Kier alpha value is -1.91. The van der Waals surface area contributed by atoms with Crippen LogP contribution in [-0.4, -0.2) is 23.0 Å². The predicted molar refractivity (Wildman–Crippen MR) is 73.7 cm³/mol. The number of anilines is 1.